The van der Waals surface area contributed by atoms with Gasteiger partial charge in [-0.2, -0.15) is 0 Å². The van der Waals surface area contributed by atoms with E-state index >= 15 is 0 Å². The van der Waals surface area contributed by atoms with Crippen LogP contribution < -0.4 is 5.32 Å². The maximum atomic E-state index is 11.9. The van der Waals surface area contributed by atoms with E-state index < -0.39 is 9.70 Å². The number of alkyl halides is 3. The van der Waals surface area contributed by atoms with Crippen LogP contribution in [0.15, 0.2) is 30.3 Å². The Hall–Kier alpha value is -0.970. The Morgan fingerprint density at radius 2 is 1.78 bits per heavy atom. The number of carbonyl (C=O) groups excluding carboxylic acids is 2. The van der Waals surface area contributed by atoms with Gasteiger partial charge in [0, 0.05) is 12.6 Å². The van der Waals surface area contributed by atoms with Gasteiger partial charge >= 0.3 is 0 Å². The van der Waals surface area contributed by atoms with E-state index in [0.29, 0.717) is 5.56 Å². The molecule has 1 rings (SSSR count). The molecule has 0 saturated heterocycles. The number of amides is 2. The molecule has 0 unspecified atom stereocenters. The number of nitrogens with zero attached hydrogens (tertiary/aromatic N) is 1. The lowest BCUT2D eigenvalue weighted by Crippen LogP contribution is -2.43. The predicted octanol–water partition coefficient (Wildman–Crippen LogP) is 2.20. The van der Waals surface area contributed by atoms with E-state index in [4.69, 9.17) is 34.8 Å². The van der Waals surface area contributed by atoms with Crippen LogP contribution in [-0.4, -0.2) is 34.2 Å². The van der Waals surface area contributed by atoms with Gasteiger partial charge in [0.25, 0.3) is 15.6 Å². The number of rotatable bonds is 3. The van der Waals surface area contributed by atoms with Gasteiger partial charge in [-0.25, -0.2) is 0 Å². The third kappa shape index (κ3) is 4.37. The van der Waals surface area contributed by atoms with Crippen molar-refractivity contribution in [3.05, 3.63) is 35.9 Å². The van der Waals surface area contributed by atoms with Gasteiger partial charge < -0.3 is 10.2 Å². The smallest absolute Gasteiger partial charge is 0.273 e. The first kappa shape index (κ1) is 15.1. The molecular formula is C11H11Cl3N2O2. The van der Waals surface area contributed by atoms with Crippen molar-refractivity contribution < 1.29 is 9.59 Å². The highest BCUT2D eigenvalue weighted by atomic mass is 35.6. The molecule has 0 bridgehead atoms. The Morgan fingerprint density at radius 1 is 1.22 bits per heavy atom. The van der Waals surface area contributed by atoms with Gasteiger partial charge in [0.15, 0.2) is 0 Å². The molecule has 2 amide bonds. The second-order valence-electron chi connectivity index (χ2n) is 3.53. The minimum absolute atomic E-state index is 0.0412. The van der Waals surface area contributed by atoms with E-state index in [1.54, 1.807) is 30.3 Å². The molecule has 1 aromatic carbocycles. The summed E-state index contributed by atoms with van der Waals surface area (Å²) in [7, 11) is 1.54. The molecule has 0 fully saturated rings. The summed E-state index contributed by atoms with van der Waals surface area (Å²) in [6.45, 7) is -0.0412. The number of hydrogen-bond acceptors (Lipinski definition) is 2. The van der Waals surface area contributed by atoms with Gasteiger partial charge in [-0.15, -0.1) is 0 Å². The second kappa shape index (κ2) is 6.27. The van der Waals surface area contributed by atoms with Gasteiger partial charge in [0.1, 0.15) is 0 Å². The molecule has 18 heavy (non-hydrogen) atoms. The van der Waals surface area contributed by atoms with Crippen molar-refractivity contribution in [3.63, 3.8) is 0 Å². The van der Waals surface area contributed by atoms with E-state index in [1.807, 2.05) is 0 Å². The van der Waals surface area contributed by atoms with Crippen molar-refractivity contribution in [3.8, 4) is 0 Å². The van der Waals surface area contributed by atoms with Crippen molar-refractivity contribution in [2.75, 3.05) is 13.7 Å². The minimum atomic E-state index is -2.03. The fourth-order valence-electron chi connectivity index (χ4n) is 1.16. The quantitative estimate of drug-likeness (QED) is 0.687. The standard InChI is InChI=1S/C11H11Cl3N2O2/c1-16(7-15-10(18)11(12,13)14)9(17)8-5-3-2-4-6-8/h2-6H,7H2,1H3,(H,15,18). The molecular weight excluding hydrogens is 298 g/mol. The Balaban J connectivity index is 2.54. The molecule has 1 aromatic rings. The van der Waals surface area contributed by atoms with Crippen LogP contribution in [0, 0.1) is 0 Å². The molecule has 0 aliphatic rings. The average Bonchev–Trinajstić information content (AvgIpc) is 2.34. The Bertz CT molecular complexity index is 432. The summed E-state index contributed by atoms with van der Waals surface area (Å²) in [5.41, 5.74) is 0.517. The van der Waals surface area contributed by atoms with Crippen LogP contribution in [-0.2, 0) is 4.79 Å². The van der Waals surface area contributed by atoms with Gasteiger partial charge in [-0.1, -0.05) is 53.0 Å². The zero-order valence-electron chi connectivity index (χ0n) is 9.49. The topological polar surface area (TPSA) is 49.4 Å². The maximum Gasteiger partial charge on any atom is 0.273 e. The summed E-state index contributed by atoms with van der Waals surface area (Å²) < 4.78 is -2.03. The molecule has 0 atom stereocenters. The normalized spacial score (nSPS) is 10.9. The van der Waals surface area contributed by atoms with E-state index in [0.717, 1.165) is 0 Å². The molecule has 0 heterocycles. The van der Waals surface area contributed by atoms with Crippen molar-refractivity contribution in [2.45, 2.75) is 3.79 Å². The summed E-state index contributed by atoms with van der Waals surface area (Å²) in [6, 6.07) is 8.66. The first-order chi connectivity index (χ1) is 8.32. The Morgan fingerprint density at radius 3 is 2.28 bits per heavy atom. The molecule has 7 heteroatoms. The van der Waals surface area contributed by atoms with Crippen LogP contribution in [0.4, 0.5) is 0 Å². The third-order valence-electron chi connectivity index (χ3n) is 2.10. The highest BCUT2D eigenvalue weighted by molar-refractivity contribution is 6.76. The molecule has 0 saturated carbocycles. The zero-order chi connectivity index (χ0) is 13.8. The lowest BCUT2D eigenvalue weighted by atomic mass is 10.2. The van der Waals surface area contributed by atoms with Crippen molar-refractivity contribution in [2.24, 2.45) is 0 Å². The SMILES string of the molecule is CN(CNC(=O)C(Cl)(Cl)Cl)C(=O)c1ccccc1. The van der Waals surface area contributed by atoms with Crippen molar-refractivity contribution >= 4 is 46.6 Å². The molecule has 98 valence electrons. The highest BCUT2D eigenvalue weighted by Crippen LogP contribution is 2.25. The fraction of sp³-hybridized carbons (Fsp3) is 0.273. The minimum Gasteiger partial charge on any atom is -0.335 e. The van der Waals surface area contributed by atoms with Crippen LogP contribution in [0.5, 0.6) is 0 Å². The average molecular weight is 310 g/mol. The molecule has 0 aliphatic carbocycles. The second-order valence-corrected chi connectivity index (χ2v) is 5.81. The first-order valence-corrected chi connectivity index (χ1v) is 6.11. The summed E-state index contributed by atoms with van der Waals surface area (Å²) >= 11 is 16.1. The number of nitrogens with one attached hydrogen (secondary N) is 1. The van der Waals surface area contributed by atoms with Gasteiger partial charge in [0.2, 0.25) is 0 Å². The summed E-state index contributed by atoms with van der Waals surface area (Å²) in [5.74, 6) is -1.01. The van der Waals surface area contributed by atoms with Crippen LogP contribution in [0.3, 0.4) is 0 Å². The van der Waals surface area contributed by atoms with Crippen molar-refractivity contribution in [1.82, 2.24) is 10.2 Å². The zero-order valence-corrected chi connectivity index (χ0v) is 11.8. The van der Waals surface area contributed by atoms with Gasteiger partial charge in [-0.3, -0.25) is 9.59 Å². The van der Waals surface area contributed by atoms with E-state index in [1.165, 1.54) is 11.9 Å². The molecule has 0 spiro atoms. The summed E-state index contributed by atoms with van der Waals surface area (Å²) in [6.07, 6.45) is 0. The number of benzene rings is 1. The fourth-order valence-corrected chi connectivity index (χ4v) is 1.36. The number of halogens is 3. The van der Waals surface area contributed by atoms with Crippen LogP contribution in [0.2, 0.25) is 0 Å². The molecule has 0 aromatic heterocycles. The Kier molecular flexibility index (Phi) is 5.26. The Labute approximate surface area is 120 Å². The molecule has 4 nitrogen and oxygen atoms in total. The predicted molar refractivity (Wildman–Crippen MR) is 71.8 cm³/mol. The molecule has 1 N–H and O–H groups in total. The molecule has 0 aliphatic heterocycles. The third-order valence-corrected chi connectivity index (χ3v) is 2.62. The monoisotopic (exact) mass is 308 g/mol. The summed E-state index contributed by atoms with van der Waals surface area (Å²) in [5, 5.41) is 2.34. The number of hydrogen-bond donors (Lipinski definition) is 1. The first-order valence-electron chi connectivity index (χ1n) is 4.98. The van der Waals surface area contributed by atoms with E-state index in [-0.39, 0.29) is 12.6 Å². The van der Waals surface area contributed by atoms with Crippen LogP contribution in [0.25, 0.3) is 0 Å². The van der Waals surface area contributed by atoms with Crippen LogP contribution in [0.1, 0.15) is 10.4 Å². The molecule has 0 radical (unpaired) electrons. The number of carbonyl (C=O) groups is 2. The van der Waals surface area contributed by atoms with Gasteiger partial charge in [0.05, 0.1) is 6.67 Å². The maximum absolute atomic E-state index is 11.9. The highest BCUT2D eigenvalue weighted by Gasteiger charge is 2.30. The lowest BCUT2D eigenvalue weighted by Gasteiger charge is -2.19. The van der Waals surface area contributed by atoms with E-state index in [9.17, 15) is 9.59 Å². The largest absolute Gasteiger partial charge is 0.335 e. The lowest BCUT2D eigenvalue weighted by molar-refractivity contribution is -0.120. The summed E-state index contributed by atoms with van der Waals surface area (Å²) in [4.78, 5) is 24.5. The van der Waals surface area contributed by atoms with Crippen molar-refractivity contribution in [1.29, 1.82) is 0 Å². The van der Waals surface area contributed by atoms with E-state index in [2.05, 4.69) is 5.32 Å². The van der Waals surface area contributed by atoms with Crippen LogP contribution >= 0.6 is 34.8 Å². The van der Waals surface area contributed by atoms with Gasteiger partial charge in [-0.05, 0) is 12.1 Å².